The minimum Gasteiger partial charge on any atom is -0.462 e. The second-order valence-corrected chi connectivity index (χ2v) is 20.7. The summed E-state index contributed by atoms with van der Waals surface area (Å²) < 4.78 is 34.5. The van der Waals surface area contributed by atoms with Crippen molar-refractivity contribution < 1.29 is 42.1 Å². The molecule has 2 atom stereocenters. The van der Waals surface area contributed by atoms with E-state index in [0.717, 1.165) is 96.3 Å². The van der Waals surface area contributed by atoms with E-state index in [1.807, 2.05) is 27.2 Å². The van der Waals surface area contributed by atoms with Gasteiger partial charge < -0.3 is 18.9 Å². The SMILES string of the molecule is CC/C=C\C/C=C\C/C=C\C/C=C\C/C=C\C/C=C\C/C=C\CCCC(=O)OC(COC(=O)CCCCCCCCCCCCCC/C=C\C/C=C\C/C=C\C/C=C\CC)COP(=O)(O)OCC[N+](C)(C)C. The molecule has 72 heavy (non-hydrogen) atoms. The summed E-state index contributed by atoms with van der Waals surface area (Å²) >= 11 is 0. The first kappa shape index (κ1) is 68.2. The van der Waals surface area contributed by atoms with Crippen LogP contribution in [0, 0.1) is 0 Å². The average Bonchev–Trinajstić information content (AvgIpc) is 3.34. The summed E-state index contributed by atoms with van der Waals surface area (Å²) in [5.74, 6) is -0.879. The molecule has 0 saturated carbocycles. The lowest BCUT2D eigenvalue weighted by atomic mass is 10.0. The summed E-state index contributed by atoms with van der Waals surface area (Å²) in [6.45, 7) is 4.12. The van der Waals surface area contributed by atoms with E-state index < -0.39 is 32.5 Å². The van der Waals surface area contributed by atoms with Crippen LogP contribution < -0.4 is 0 Å². The van der Waals surface area contributed by atoms with Crippen molar-refractivity contribution >= 4 is 19.8 Å². The molecular formula is C62H103NO8P+. The molecule has 0 fully saturated rings. The summed E-state index contributed by atoms with van der Waals surface area (Å²) in [5, 5.41) is 0. The van der Waals surface area contributed by atoms with Crippen LogP contribution in [-0.2, 0) is 32.7 Å². The molecule has 0 heterocycles. The van der Waals surface area contributed by atoms with Crippen molar-refractivity contribution in [1.29, 1.82) is 0 Å². The predicted molar refractivity (Wildman–Crippen MR) is 307 cm³/mol. The number of carbonyl (C=O) groups excluding carboxylic acids is 2. The number of hydrogen-bond donors (Lipinski definition) is 1. The summed E-state index contributed by atoms with van der Waals surface area (Å²) in [4.78, 5) is 35.6. The zero-order chi connectivity index (χ0) is 52.7. The summed E-state index contributed by atoms with van der Waals surface area (Å²) in [5.41, 5.74) is 0. The Morgan fingerprint density at radius 1 is 0.431 bits per heavy atom. The summed E-state index contributed by atoms with van der Waals surface area (Å²) in [6.07, 6.45) is 75.2. The van der Waals surface area contributed by atoms with E-state index in [4.69, 9.17) is 18.5 Å². The molecule has 0 aromatic carbocycles. The highest BCUT2D eigenvalue weighted by molar-refractivity contribution is 7.47. The second kappa shape index (κ2) is 52.0. The molecule has 0 aliphatic heterocycles. The van der Waals surface area contributed by atoms with Gasteiger partial charge in [0.05, 0.1) is 27.7 Å². The first-order valence-electron chi connectivity index (χ1n) is 27.9. The van der Waals surface area contributed by atoms with Crippen molar-refractivity contribution in [2.24, 2.45) is 0 Å². The highest BCUT2D eigenvalue weighted by Crippen LogP contribution is 2.43. The van der Waals surface area contributed by atoms with Gasteiger partial charge in [-0.15, -0.1) is 0 Å². The van der Waals surface area contributed by atoms with Crippen LogP contribution in [0.25, 0.3) is 0 Å². The Morgan fingerprint density at radius 3 is 1.15 bits per heavy atom. The Morgan fingerprint density at radius 2 is 0.764 bits per heavy atom. The van der Waals surface area contributed by atoms with Gasteiger partial charge in [0.1, 0.15) is 19.8 Å². The molecule has 408 valence electrons. The van der Waals surface area contributed by atoms with Gasteiger partial charge in [-0.1, -0.05) is 212 Å². The van der Waals surface area contributed by atoms with Crippen molar-refractivity contribution in [3.8, 4) is 0 Å². The van der Waals surface area contributed by atoms with E-state index in [2.05, 4.69) is 141 Å². The maximum absolute atomic E-state index is 12.8. The number of quaternary nitrogens is 1. The molecule has 0 spiro atoms. The van der Waals surface area contributed by atoms with Gasteiger partial charge >= 0.3 is 19.8 Å². The normalized spacial score (nSPS) is 14.4. The van der Waals surface area contributed by atoms with E-state index in [1.54, 1.807) is 0 Å². The Kier molecular flexibility index (Phi) is 49.2. The van der Waals surface area contributed by atoms with Crippen LogP contribution in [0.5, 0.6) is 0 Å². The Hall–Kier alpha value is -3.85. The third-order valence-electron chi connectivity index (χ3n) is 11.2. The van der Waals surface area contributed by atoms with Gasteiger partial charge in [-0.25, -0.2) is 4.57 Å². The fourth-order valence-electron chi connectivity index (χ4n) is 6.94. The number of ether oxygens (including phenoxy) is 2. The Labute approximate surface area is 441 Å². The van der Waals surface area contributed by atoms with Crippen molar-refractivity contribution in [1.82, 2.24) is 0 Å². The topological polar surface area (TPSA) is 108 Å². The van der Waals surface area contributed by atoms with Gasteiger partial charge in [0, 0.05) is 12.8 Å². The second-order valence-electron chi connectivity index (χ2n) is 19.2. The minimum absolute atomic E-state index is 0.0128. The quantitative estimate of drug-likeness (QED) is 0.0211. The molecule has 0 radical (unpaired) electrons. The molecule has 0 rings (SSSR count). The predicted octanol–water partition coefficient (Wildman–Crippen LogP) is 17.4. The van der Waals surface area contributed by atoms with E-state index in [-0.39, 0.29) is 26.1 Å². The zero-order valence-corrected chi connectivity index (χ0v) is 47.0. The van der Waals surface area contributed by atoms with Gasteiger partial charge in [0.2, 0.25) is 0 Å². The van der Waals surface area contributed by atoms with Gasteiger partial charge in [0.25, 0.3) is 0 Å². The maximum atomic E-state index is 12.8. The van der Waals surface area contributed by atoms with Crippen LogP contribution in [0.2, 0.25) is 0 Å². The molecule has 0 aliphatic rings. The first-order valence-corrected chi connectivity index (χ1v) is 29.4. The van der Waals surface area contributed by atoms with E-state index >= 15 is 0 Å². The van der Waals surface area contributed by atoms with Crippen LogP contribution >= 0.6 is 7.82 Å². The van der Waals surface area contributed by atoms with Crippen molar-refractivity contribution in [2.75, 3.05) is 47.5 Å². The van der Waals surface area contributed by atoms with Crippen LogP contribution in [-0.4, -0.2) is 74.9 Å². The number of nitrogens with zero attached hydrogens (tertiary/aromatic N) is 1. The standard InChI is InChI=1S/C62H102NO8P/c1-6-8-10-12-14-16-18-20-22-24-26-28-30-31-33-34-36-38-40-42-44-46-48-50-52-54-61(64)68-58-60(59-70-72(66,67)69-57-56-63(3,4)5)71-62(65)55-53-51-49-47-45-43-41-39-37-35-32-29-27-25-23-21-19-17-15-13-11-9-7-2/h8-11,14-17,20-23,26-29,35,37,41,43,47,49,60H,6-7,12-13,18-19,24-25,30-34,36,38-40,42,44-46,48,50-59H2,1-5H3/p+1/b10-8-,11-9-,16-14-,17-15-,22-20-,23-21-,28-26-,29-27-,37-35-,43-41-,49-47-. The van der Waals surface area contributed by atoms with E-state index in [0.29, 0.717) is 23.9 Å². The Bertz CT molecular complexity index is 1670. The molecule has 0 aliphatic carbocycles. The van der Waals surface area contributed by atoms with Crippen LogP contribution in [0.1, 0.15) is 194 Å². The largest absolute Gasteiger partial charge is 0.472 e. The summed E-state index contributed by atoms with van der Waals surface area (Å²) in [6, 6.07) is 0. The third kappa shape index (κ3) is 55.5. The van der Waals surface area contributed by atoms with Crippen molar-refractivity contribution in [3.63, 3.8) is 0 Å². The number of phosphoric ester groups is 1. The van der Waals surface area contributed by atoms with Gasteiger partial charge in [-0.05, 0) is 103 Å². The van der Waals surface area contributed by atoms with Gasteiger partial charge in [-0.2, -0.15) is 0 Å². The molecular weight excluding hydrogens is 918 g/mol. The highest BCUT2D eigenvalue weighted by Gasteiger charge is 2.27. The van der Waals surface area contributed by atoms with Crippen molar-refractivity contribution in [2.45, 2.75) is 200 Å². The smallest absolute Gasteiger partial charge is 0.462 e. The number of esters is 2. The molecule has 0 bridgehead atoms. The lowest BCUT2D eigenvalue weighted by Gasteiger charge is -2.24. The number of rotatable bonds is 49. The number of unbranched alkanes of at least 4 members (excludes halogenated alkanes) is 13. The number of likely N-dealkylation sites (N-methyl/N-ethyl adjacent to an activating group) is 1. The first-order chi connectivity index (χ1) is 35.0. The van der Waals surface area contributed by atoms with Gasteiger partial charge in [0.15, 0.2) is 6.10 Å². The third-order valence-corrected chi connectivity index (χ3v) is 12.2. The molecule has 0 aromatic rings. The van der Waals surface area contributed by atoms with Crippen LogP contribution in [0.4, 0.5) is 0 Å². The molecule has 0 amide bonds. The number of hydrogen-bond acceptors (Lipinski definition) is 7. The number of phosphoric acid groups is 1. The molecule has 9 nitrogen and oxygen atoms in total. The van der Waals surface area contributed by atoms with Crippen LogP contribution in [0.15, 0.2) is 134 Å². The fraction of sp³-hybridized carbons (Fsp3) is 0.613. The minimum atomic E-state index is -4.41. The molecule has 1 N–H and O–H groups in total. The van der Waals surface area contributed by atoms with Gasteiger partial charge in [-0.3, -0.25) is 18.6 Å². The lowest BCUT2D eigenvalue weighted by molar-refractivity contribution is -0.870. The van der Waals surface area contributed by atoms with E-state index in [1.165, 1.54) is 57.8 Å². The monoisotopic (exact) mass is 1020 g/mol. The van der Waals surface area contributed by atoms with E-state index in [9.17, 15) is 19.0 Å². The number of carbonyl (C=O) groups is 2. The molecule has 0 aromatic heterocycles. The summed E-state index contributed by atoms with van der Waals surface area (Å²) in [7, 11) is 1.42. The van der Waals surface area contributed by atoms with Crippen molar-refractivity contribution in [3.05, 3.63) is 134 Å². The maximum Gasteiger partial charge on any atom is 0.472 e. The fourth-order valence-corrected chi connectivity index (χ4v) is 7.68. The Balaban J connectivity index is 4.32. The number of allylic oxidation sites excluding steroid dienone is 22. The highest BCUT2D eigenvalue weighted by atomic mass is 31.2. The van der Waals surface area contributed by atoms with Crippen LogP contribution in [0.3, 0.4) is 0 Å². The molecule has 10 heteroatoms. The zero-order valence-electron chi connectivity index (χ0n) is 46.1. The molecule has 2 unspecified atom stereocenters. The lowest BCUT2D eigenvalue weighted by Crippen LogP contribution is -2.37. The molecule has 0 saturated heterocycles. The average molecular weight is 1020 g/mol.